The SMILES string of the molecule is CC(C)(C)OC(=O)N1CC[C@H]1C(O)Nc1ccc(F)c(C(F)(F)F)c1. The predicted octanol–water partition coefficient (Wildman–Crippen LogP) is 3.58. The highest BCUT2D eigenvalue weighted by molar-refractivity contribution is 5.69. The zero-order valence-corrected chi connectivity index (χ0v) is 14.0. The Morgan fingerprint density at radius 2 is 2.00 bits per heavy atom. The summed E-state index contributed by atoms with van der Waals surface area (Å²) in [6.45, 7) is 5.47. The van der Waals surface area contributed by atoms with Gasteiger partial charge in [-0.1, -0.05) is 0 Å². The van der Waals surface area contributed by atoms with Gasteiger partial charge in [-0.25, -0.2) is 9.18 Å². The number of carbonyl (C=O) groups excluding carboxylic acids is 1. The molecule has 9 heteroatoms. The molecule has 0 aromatic heterocycles. The van der Waals surface area contributed by atoms with E-state index >= 15 is 0 Å². The highest BCUT2D eigenvalue weighted by Gasteiger charge is 2.40. The number of hydrogen-bond donors (Lipinski definition) is 2. The number of anilines is 1. The van der Waals surface area contributed by atoms with Crippen LogP contribution in [0.3, 0.4) is 0 Å². The number of hydrogen-bond acceptors (Lipinski definition) is 4. The maximum absolute atomic E-state index is 13.3. The van der Waals surface area contributed by atoms with Crippen molar-refractivity contribution in [2.24, 2.45) is 0 Å². The van der Waals surface area contributed by atoms with Crippen LogP contribution in [0.1, 0.15) is 32.8 Å². The molecule has 0 saturated carbocycles. The Labute approximate surface area is 142 Å². The van der Waals surface area contributed by atoms with E-state index in [2.05, 4.69) is 5.32 Å². The number of benzene rings is 1. The van der Waals surface area contributed by atoms with Gasteiger partial charge in [0, 0.05) is 12.2 Å². The molecule has 2 rings (SSSR count). The largest absolute Gasteiger partial charge is 0.444 e. The second-order valence-electron chi connectivity index (χ2n) is 6.81. The second kappa shape index (κ2) is 6.70. The number of aliphatic hydroxyl groups is 1. The van der Waals surface area contributed by atoms with Gasteiger partial charge in [-0.3, -0.25) is 0 Å². The van der Waals surface area contributed by atoms with Crippen LogP contribution >= 0.6 is 0 Å². The fraction of sp³-hybridized carbons (Fsp3) is 0.562. The van der Waals surface area contributed by atoms with Crippen LogP contribution in [0, 0.1) is 5.82 Å². The summed E-state index contributed by atoms with van der Waals surface area (Å²) in [5.41, 5.74) is -2.23. The zero-order chi connectivity index (χ0) is 19.0. The minimum atomic E-state index is -4.84. The average molecular weight is 364 g/mol. The highest BCUT2D eigenvalue weighted by Crippen LogP contribution is 2.33. The molecule has 1 aliphatic heterocycles. The van der Waals surface area contributed by atoms with Crippen LogP contribution in [0.15, 0.2) is 18.2 Å². The summed E-state index contributed by atoms with van der Waals surface area (Å²) in [7, 11) is 0. The lowest BCUT2D eigenvalue weighted by Crippen LogP contribution is -2.59. The Kier molecular flexibility index (Phi) is 5.17. The van der Waals surface area contributed by atoms with Gasteiger partial charge in [0.1, 0.15) is 17.6 Å². The summed E-state index contributed by atoms with van der Waals surface area (Å²) in [5, 5.41) is 12.6. The Morgan fingerprint density at radius 1 is 1.36 bits per heavy atom. The average Bonchev–Trinajstić information content (AvgIpc) is 2.35. The van der Waals surface area contributed by atoms with Crippen LogP contribution in [0.25, 0.3) is 0 Å². The number of aliphatic hydroxyl groups excluding tert-OH is 1. The quantitative estimate of drug-likeness (QED) is 0.636. The summed E-state index contributed by atoms with van der Waals surface area (Å²) in [5.74, 6) is -1.40. The third-order valence-corrected chi connectivity index (χ3v) is 3.64. The maximum Gasteiger partial charge on any atom is 0.419 e. The number of nitrogens with zero attached hydrogens (tertiary/aromatic N) is 1. The smallest absolute Gasteiger partial charge is 0.419 e. The molecule has 2 N–H and O–H groups in total. The van der Waals surface area contributed by atoms with Gasteiger partial charge >= 0.3 is 12.3 Å². The fourth-order valence-corrected chi connectivity index (χ4v) is 2.38. The number of alkyl halides is 3. The third kappa shape index (κ3) is 4.75. The maximum atomic E-state index is 13.3. The Morgan fingerprint density at radius 3 is 2.48 bits per heavy atom. The number of rotatable bonds is 3. The van der Waals surface area contributed by atoms with E-state index in [0.29, 0.717) is 25.1 Å². The molecule has 0 bridgehead atoms. The normalized spacial score (nSPS) is 19.2. The molecule has 1 aromatic rings. The van der Waals surface area contributed by atoms with Crippen LogP contribution in [0.2, 0.25) is 0 Å². The summed E-state index contributed by atoms with van der Waals surface area (Å²) in [6.07, 6.45) is -6.31. The number of halogens is 4. The number of nitrogens with one attached hydrogen (secondary N) is 1. The number of ether oxygens (including phenoxy) is 1. The van der Waals surface area contributed by atoms with Gasteiger partial charge in [-0.15, -0.1) is 0 Å². The van der Waals surface area contributed by atoms with E-state index < -0.39 is 41.5 Å². The third-order valence-electron chi connectivity index (χ3n) is 3.64. The number of likely N-dealkylation sites (tertiary alicyclic amines) is 1. The lowest BCUT2D eigenvalue weighted by atomic mass is 10.0. The lowest BCUT2D eigenvalue weighted by Gasteiger charge is -2.43. The van der Waals surface area contributed by atoms with E-state index in [1.54, 1.807) is 20.8 Å². The monoisotopic (exact) mass is 364 g/mol. The first-order valence-electron chi connectivity index (χ1n) is 7.69. The standard InChI is InChI=1S/C16H20F4N2O3/c1-15(2,3)25-14(24)22-7-6-12(22)13(23)21-9-4-5-11(17)10(8-9)16(18,19)20/h4-5,8,12-13,21,23H,6-7H2,1-3H3/t12-,13?/m0/s1. The van der Waals surface area contributed by atoms with Crippen molar-refractivity contribution in [3.8, 4) is 0 Å². The molecular weight excluding hydrogens is 344 g/mol. The molecule has 1 aliphatic rings. The van der Waals surface area contributed by atoms with Gasteiger partial charge < -0.3 is 20.1 Å². The first-order valence-corrected chi connectivity index (χ1v) is 7.69. The van der Waals surface area contributed by atoms with E-state index in [1.807, 2.05) is 0 Å². The predicted molar refractivity (Wildman–Crippen MR) is 82.4 cm³/mol. The van der Waals surface area contributed by atoms with Crippen molar-refractivity contribution in [2.45, 2.75) is 51.2 Å². The van der Waals surface area contributed by atoms with E-state index in [4.69, 9.17) is 4.74 Å². The molecule has 1 aromatic carbocycles. The Bertz CT molecular complexity index is 643. The van der Waals surface area contributed by atoms with Crippen LogP contribution < -0.4 is 5.32 Å². The van der Waals surface area contributed by atoms with E-state index in [1.165, 1.54) is 4.90 Å². The molecule has 5 nitrogen and oxygen atoms in total. The van der Waals surface area contributed by atoms with Gasteiger partial charge in [0.05, 0.1) is 11.6 Å². The van der Waals surface area contributed by atoms with E-state index in [9.17, 15) is 27.5 Å². The first kappa shape index (κ1) is 19.3. The zero-order valence-electron chi connectivity index (χ0n) is 14.0. The van der Waals surface area contributed by atoms with Crippen molar-refractivity contribution in [1.29, 1.82) is 0 Å². The van der Waals surface area contributed by atoms with Crippen molar-refractivity contribution in [3.05, 3.63) is 29.6 Å². The molecule has 0 radical (unpaired) electrons. The molecule has 0 aliphatic carbocycles. The summed E-state index contributed by atoms with van der Waals surface area (Å²) in [6, 6.07) is 1.69. The summed E-state index contributed by atoms with van der Waals surface area (Å²) in [4.78, 5) is 13.3. The minimum Gasteiger partial charge on any atom is -0.444 e. The van der Waals surface area contributed by atoms with Crippen molar-refractivity contribution >= 4 is 11.8 Å². The molecule has 1 heterocycles. The highest BCUT2D eigenvalue weighted by atomic mass is 19.4. The van der Waals surface area contributed by atoms with E-state index in [-0.39, 0.29) is 5.69 Å². The minimum absolute atomic E-state index is 0.0998. The van der Waals surface area contributed by atoms with Gasteiger partial charge in [0.2, 0.25) is 0 Å². The van der Waals surface area contributed by atoms with Crippen LogP contribution in [-0.4, -0.2) is 40.5 Å². The van der Waals surface area contributed by atoms with Crippen molar-refractivity contribution < 1.29 is 32.2 Å². The molecule has 1 fully saturated rings. The molecule has 25 heavy (non-hydrogen) atoms. The van der Waals surface area contributed by atoms with Gasteiger partial charge in [0.25, 0.3) is 0 Å². The van der Waals surface area contributed by atoms with Crippen LogP contribution in [0.5, 0.6) is 0 Å². The Balaban J connectivity index is 2.05. The van der Waals surface area contributed by atoms with Crippen LogP contribution in [0.4, 0.5) is 28.0 Å². The lowest BCUT2D eigenvalue weighted by molar-refractivity contribution is -0.139. The van der Waals surface area contributed by atoms with Crippen molar-refractivity contribution in [2.75, 3.05) is 11.9 Å². The van der Waals surface area contributed by atoms with E-state index in [0.717, 1.165) is 6.07 Å². The molecule has 0 spiro atoms. The fourth-order valence-electron chi connectivity index (χ4n) is 2.38. The molecular formula is C16H20F4N2O3. The van der Waals surface area contributed by atoms with Gasteiger partial charge in [-0.05, 0) is 45.4 Å². The Hall–Kier alpha value is -2.03. The number of amides is 1. The molecule has 1 unspecified atom stereocenters. The number of carbonyl (C=O) groups is 1. The molecule has 1 saturated heterocycles. The van der Waals surface area contributed by atoms with Crippen molar-refractivity contribution in [1.82, 2.24) is 4.90 Å². The molecule has 2 atom stereocenters. The first-order chi connectivity index (χ1) is 11.4. The molecule has 1 amide bonds. The van der Waals surface area contributed by atoms with Gasteiger partial charge in [0.15, 0.2) is 0 Å². The topological polar surface area (TPSA) is 61.8 Å². The summed E-state index contributed by atoms with van der Waals surface area (Å²) < 4.78 is 56.7. The van der Waals surface area contributed by atoms with Crippen molar-refractivity contribution in [3.63, 3.8) is 0 Å². The van der Waals surface area contributed by atoms with Crippen LogP contribution in [-0.2, 0) is 10.9 Å². The summed E-state index contributed by atoms with van der Waals surface area (Å²) >= 11 is 0. The molecule has 140 valence electrons. The second-order valence-corrected chi connectivity index (χ2v) is 6.81. The van der Waals surface area contributed by atoms with Gasteiger partial charge in [-0.2, -0.15) is 13.2 Å².